The zero-order chi connectivity index (χ0) is 19.3. The molecule has 0 N–H and O–H groups in total. The lowest BCUT2D eigenvalue weighted by Gasteiger charge is -2.11. The lowest BCUT2D eigenvalue weighted by atomic mass is 10.2. The summed E-state index contributed by atoms with van der Waals surface area (Å²) in [5, 5.41) is 18.1. The van der Waals surface area contributed by atoms with Crippen LogP contribution in [0.4, 0.5) is 0 Å². The fourth-order valence-corrected chi connectivity index (χ4v) is 3.65. The number of hydrogen-bond donors (Lipinski definition) is 0. The van der Waals surface area contributed by atoms with E-state index in [0.29, 0.717) is 5.69 Å². The number of aromatic nitrogens is 5. The van der Waals surface area contributed by atoms with Gasteiger partial charge in [0.15, 0.2) is 0 Å². The molecule has 0 aliphatic heterocycles. The molecule has 0 unspecified atom stereocenters. The number of fused-ring (bicyclic) bond motifs is 3. The first-order chi connectivity index (χ1) is 13.7. The second-order valence-electron chi connectivity index (χ2n) is 6.51. The van der Waals surface area contributed by atoms with Gasteiger partial charge in [0.2, 0.25) is 0 Å². The van der Waals surface area contributed by atoms with Crippen LogP contribution in [0.3, 0.4) is 0 Å². The standard InChI is InChI=1S/C21H14N6O/c1-25-18-5-3-2-4-17(18)20-19(25)10-14(11-22)21(28)27(20)16-8-6-15(7-9-16)26-12-23-24-13-26/h2-10,12-13H,1H3. The van der Waals surface area contributed by atoms with Crippen molar-refractivity contribution in [1.82, 2.24) is 23.9 Å². The van der Waals surface area contributed by atoms with Crippen LogP contribution < -0.4 is 5.56 Å². The van der Waals surface area contributed by atoms with Crippen molar-refractivity contribution in [3.8, 4) is 17.4 Å². The summed E-state index contributed by atoms with van der Waals surface area (Å²) in [6.07, 6.45) is 3.22. The molecule has 3 aromatic heterocycles. The van der Waals surface area contributed by atoms with Crippen LogP contribution in [0.2, 0.25) is 0 Å². The van der Waals surface area contributed by atoms with Crippen molar-refractivity contribution in [3.63, 3.8) is 0 Å². The topological polar surface area (TPSA) is 81.4 Å². The predicted molar refractivity (Wildman–Crippen MR) is 106 cm³/mol. The second kappa shape index (κ2) is 5.93. The third kappa shape index (κ3) is 2.18. The maximum Gasteiger partial charge on any atom is 0.273 e. The van der Waals surface area contributed by atoms with Gasteiger partial charge in [0.05, 0.1) is 16.6 Å². The summed E-state index contributed by atoms with van der Waals surface area (Å²) in [6, 6.07) is 19.1. The average molecular weight is 366 g/mol. The van der Waals surface area contributed by atoms with Gasteiger partial charge in [-0.05, 0) is 36.4 Å². The second-order valence-corrected chi connectivity index (χ2v) is 6.51. The molecule has 2 aromatic carbocycles. The third-order valence-electron chi connectivity index (χ3n) is 5.01. The maximum atomic E-state index is 13.1. The summed E-state index contributed by atoms with van der Waals surface area (Å²) in [6.45, 7) is 0. The molecule has 0 radical (unpaired) electrons. The Bertz CT molecular complexity index is 1430. The summed E-state index contributed by atoms with van der Waals surface area (Å²) < 4.78 is 5.41. The van der Waals surface area contributed by atoms with Gasteiger partial charge < -0.3 is 4.57 Å². The molecule has 0 aliphatic rings. The fourth-order valence-electron chi connectivity index (χ4n) is 3.65. The van der Waals surface area contributed by atoms with Crippen molar-refractivity contribution in [2.75, 3.05) is 0 Å². The highest BCUT2D eigenvalue weighted by Gasteiger charge is 2.17. The molecule has 28 heavy (non-hydrogen) atoms. The summed E-state index contributed by atoms with van der Waals surface area (Å²) in [5.41, 5.74) is 3.98. The van der Waals surface area contributed by atoms with Gasteiger partial charge in [-0.25, -0.2) is 0 Å². The largest absolute Gasteiger partial charge is 0.342 e. The normalized spacial score (nSPS) is 11.1. The molecule has 3 heterocycles. The monoisotopic (exact) mass is 366 g/mol. The Morgan fingerprint density at radius 1 is 0.929 bits per heavy atom. The molecule has 0 saturated carbocycles. The molecule has 0 spiro atoms. The van der Waals surface area contributed by atoms with Crippen LogP contribution in [-0.2, 0) is 7.05 Å². The van der Waals surface area contributed by atoms with Gasteiger partial charge in [0.25, 0.3) is 5.56 Å². The molecule has 0 saturated heterocycles. The molecular weight excluding hydrogens is 352 g/mol. The number of hydrogen-bond acceptors (Lipinski definition) is 4. The highest BCUT2D eigenvalue weighted by atomic mass is 16.1. The molecule has 7 heteroatoms. The average Bonchev–Trinajstić information content (AvgIpc) is 3.36. The van der Waals surface area contributed by atoms with E-state index in [2.05, 4.69) is 10.2 Å². The van der Waals surface area contributed by atoms with E-state index in [4.69, 9.17) is 0 Å². The van der Waals surface area contributed by atoms with Crippen molar-refractivity contribution in [3.05, 3.63) is 83.2 Å². The van der Waals surface area contributed by atoms with E-state index in [9.17, 15) is 10.1 Å². The zero-order valence-electron chi connectivity index (χ0n) is 14.9. The van der Waals surface area contributed by atoms with Crippen LogP contribution in [-0.4, -0.2) is 23.9 Å². The van der Waals surface area contributed by atoms with Crippen molar-refractivity contribution >= 4 is 21.9 Å². The summed E-state index contributed by atoms with van der Waals surface area (Å²) >= 11 is 0. The number of rotatable bonds is 2. The van der Waals surface area contributed by atoms with Crippen molar-refractivity contribution in [2.24, 2.45) is 7.05 Å². The zero-order valence-corrected chi connectivity index (χ0v) is 14.9. The van der Waals surface area contributed by atoms with Gasteiger partial charge in [-0.15, -0.1) is 10.2 Å². The van der Waals surface area contributed by atoms with E-state index in [1.807, 2.05) is 66.2 Å². The number of para-hydroxylation sites is 1. The van der Waals surface area contributed by atoms with Crippen molar-refractivity contribution < 1.29 is 0 Å². The highest BCUT2D eigenvalue weighted by Crippen LogP contribution is 2.29. The van der Waals surface area contributed by atoms with E-state index in [0.717, 1.165) is 27.6 Å². The molecule has 0 aliphatic carbocycles. The SMILES string of the molecule is Cn1c2ccccc2c2c1cc(C#N)c(=O)n2-c1ccc(-n2cnnc2)cc1. The number of aryl methyl sites for hydroxylation is 1. The molecule has 0 fully saturated rings. The number of nitrogens with zero attached hydrogens (tertiary/aromatic N) is 6. The van der Waals surface area contributed by atoms with E-state index in [1.54, 1.807) is 27.9 Å². The molecule has 0 atom stereocenters. The van der Waals surface area contributed by atoms with Gasteiger partial charge in [-0.2, -0.15) is 5.26 Å². The molecule has 7 nitrogen and oxygen atoms in total. The quantitative estimate of drug-likeness (QED) is 0.481. The van der Waals surface area contributed by atoms with Crippen molar-refractivity contribution in [1.29, 1.82) is 5.26 Å². The molecule has 5 aromatic rings. The first kappa shape index (κ1) is 16.0. The summed E-state index contributed by atoms with van der Waals surface area (Å²) in [4.78, 5) is 13.1. The predicted octanol–water partition coefficient (Wildman–Crippen LogP) is 2.93. The Labute approximate surface area is 159 Å². The van der Waals surface area contributed by atoms with Crippen LogP contribution in [0.25, 0.3) is 33.3 Å². The summed E-state index contributed by atoms with van der Waals surface area (Å²) in [7, 11) is 1.94. The Morgan fingerprint density at radius 3 is 2.32 bits per heavy atom. The Hall–Kier alpha value is -4.18. The smallest absolute Gasteiger partial charge is 0.273 e. The first-order valence-corrected chi connectivity index (χ1v) is 8.68. The molecule has 5 rings (SSSR count). The first-order valence-electron chi connectivity index (χ1n) is 8.68. The number of nitriles is 1. The van der Waals surface area contributed by atoms with E-state index < -0.39 is 0 Å². The van der Waals surface area contributed by atoms with Crippen LogP contribution in [0.5, 0.6) is 0 Å². The Balaban J connectivity index is 1.86. The van der Waals surface area contributed by atoms with Gasteiger partial charge in [0, 0.05) is 23.8 Å². The van der Waals surface area contributed by atoms with Gasteiger partial charge >= 0.3 is 0 Å². The van der Waals surface area contributed by atoms with Crippen LogP contribution in [0, 0.1) is 11.3 Å². The minimum absolute atomic E-state index is 0.112. The molecule has 0 bridgehead atoms. The van der Waals surface area contributed by atoms with Crippen LogP contribution in [0.15, 0.2) is 72.0 Å². The van der Waals surface area contributed by atoms with Crippen LogP contribution in [0.1, 0.15) is 5.56 Å². The minimum atomic E-state index is -0.330. The van der Waals surface area contributed by atoms with E-state index in [1.165, 1.54) is 0 Å². The fraction of sp³-hybridized carbons (Fsp3) is 0.0476. The minimum Gasteiger partial charge on any atom is -0.342 e. The Morgan fingerprint density at radius 2 is 1.61 bits per heavy atom. The molecule has 0 amide bonds. The van der Waals surface area contributed by atoms with Crippen LogP contribution >= 0.6 is 0 Å². The van der Waals surface area contributed by atoms with E-state index >= 15 is 0 Å². The van der Waals surface area contributed by atoms with Gasteiger partial charge in [-0.1, -0.05) is 18.2 Å². The number of pyridine rings is 1. The maximum absolute atomic E-state index is 13.1. The Kier molecular flexibility index (Phi) is 3.39. The van der Waals surface area contributed by atoms with Crippen molar-refractivity contribution in [2.45, 2.75) is 0 Å². The summed E-state index contributed by atoms with van der Waals surface area (Å²) in [5.74, 6) is 0. The molecular formula is C21H14N6O. The van der Waals surface area contributed by atoms with Gasteiger partial charge in [-0.3, -0.25) is 13.9 Å². The van der Waals surface area contributed by atoms with Gasteiger partial charge in [0.1, 0.15) is 24.3 Å². The number of benzene rings is 2. The molecule has 134 valence electrons. The third-order valence-corrected chi connectivity index (χ3v) is 5.01. The lowest BCUT2D eigenvalue weighted by molar-refractivity contribution is 0.988. The highest BCUT2D eigenvalue weighted by molar-refractivity contribution is 6.06. The van der Waals surface area contributed by atoms with E-state index in [-0.39, 0.29) is 11.1 Å². The lowest BCUT2D eigenvalue weighted by Crippen LogP contribution is -2.21.